The highest BCUT2D eigenvalue weighted by Gasteiger charge is 2.33. The van der Waals surface area contributed by atoms with Gasteiger partial charge in [0, 0.05) is 24.0 Å². The lowest BCUT2D eigenvalue weighted by Gasteiger charge is -2.23. The minimum atomic E-state index is -0.303. The van der Waals surface area contributed by atoms with Crippen LogP contribution < -0.4 is 15.8 Å². The summed E-state index contributed by atoms with van der Waals surface area (Å²) >= 11 is 1.34. The maximum absolute atomic E-state index is 12.9. The highest BCUT2D eigenvalue weighted by Crippen LogP contribution is 2.30. The van der Waals surface area contributed by atoms with E-state index in [1.807, 2.05) is 36.9 Å². The van der Waals surface area contributed by atoms with Crippen molar-refractivity contribution < 1.29 is 4.79 Å². The van der Waals surface area contributed by atoms with Gasteiger partial charge in [0.15, 0.2) is 0 Å². The molecule has 0 radical (unpaired) electrons. The molecule has 3 aromatic rings. The van der Waals surface area contributed by atoms with Gasteiger partial charge >= 0.3 is 0 Å². The Morgan fingerprint density at radius 3 is 2.89 bits per heavy atom. The van der Waals surface area contributed by atoms with E-state index in [1.54, 1.807) is 6.92 Å². The number of fused-ring (bicyclic) bond motifs is 1. The lowest BCUT2D eigenvalue weighted by Crippen LogP contribution is -2.40. The lowest BCUT2D eigenvalue weighted by atomic mass is 10.1. The molecule has 140 valence electrons. The van der Waals surface area contributed by atoms with E-state index >= 15 is 0 Å². The molecule has 1 atom stereocenters. The molecule has 0 spiro atoms. The molecule has 1 fully saturated rings. The molecule has 2 aromatic heterocycles. The Hall–Kier alpha value is -2.74. The van der Waals surface area contributed by atoms with Gasteiger partial charge in [0.05, 0.1) is 0 Å². The number of rotatable bonds is 3. The number of nitrogens with one attached hydrogen (secondary N) is 1. The topological polar surface area (TPSA) is 79.6 Å². The van der Waals surface area contributed by atoms with Crippen molar-refractivity contribution in [1.82, 2.24) is 14.6 Å². The molecule has 0 bridgehead atoms. The summed E-state index contributed by atoms with van der Waals surface area (Å²) in [5.41, 5.74) is 3.44. The number of aryl methyl sites for hydroxylation is 3. The molecule has 7 nitrogen and oxygen atoms in total. The van der Waals surface area contributed by atoms with Crippen LogP contribution in [0.1, 0.15) is 29.7 Å². The molecule has 0 aliphatic carbocycles. The summed E-state index contributed by atoms with van der Waals surface area (Å²) in [6.45, 7) is 6.51. The number of benzene rings is 1. The van der Waals surface area contributed by atoms with Crippen LogP contribution in [-0.2, 0) is 4.79 Å². The highest BCUT2D eigenvalue weighted by molar-refractivity contribution is 7.20. The van der Waals surface area contributed by atoms with E-state index in [0.29, 0.717) is 15.8 Å². The number of hydrogen-bond donors (Lipinski definition) is 1. The van der Waals surface area contributed by atoms with Crippen LogP contribution in [0.5, 0.6) is 0 Å². The number of hydrogen-bond acceptors (Lipinski definition) is 6. The molecule has 0 unspecified atom stereocenters. The standard InChI is InChI=1S/C19H21N5O2S/c1-11-6-7-12(2)14(9-11)21-17(26)15-5-4-8-23(15)19-22-24-16(25)10-13(3)20-18(24)27-19/h6-7,9-10,15H,4-5,8H2,1-3H3,(H,21,26)/t15-/m0/s1. The Bertz CT molecular complexity index is 1090. The van der Waals surface area contributed by atoms with Crippen molar-refractivity contribution in [2.45, 2.75) is 39.7 Å². The third kappa shape index (κ3) is 3.32. The fraction of sp³-hybridized carbons (Fsp3) is 0.368. The van der Waals surface area contributed by atoms with Crippen LogP contribution in [-0.4, -0.2) is 33.1 Å². The quantitative estimate of drug-likeness (QED) is 0.752. The molecular weight excluding hydrogens is 362 g/mol. The zero-order chi connectivity index (χ0) is 19.1. The first-order chi connectivity index (χ1) is 12.9. The summed E-state index contributed by atoms with van der Waals surface area (Å²) in [5.74, 6) is -0.0445. The van der Waals surface area contributed by atoms with Gasteiger partial charge in [-0.1, -0.05) is 23.5 Å². The fourth-order valence-electron chi connectivity index (χ4n) is 3.38. The molecule has 1 amide bonds. The average Bonchev–Trinajstić information content (AvgIpc) is 3.24. The van der Waals surface area contributed by atoms with Gasteiger partial charge in [-0.15, -0.1) is 5.10 Å². The number of amides is 1. The van der Waals surface area contributed by atoms with E-state index in [1.165, 1.54) is 21.9 Å². The van der Waals surface area contributed by atoms with Gasteiger partial charge in [-0.05, 0) is 50.8 Å². The summed E-state index contributed by atoms with van der Waals surface area (Å²) in [6.07, 6.45) is 1.66. The van der Waals surface area contributed by atoms with Crippen LogP contribution in [0.25, 0.3) is 4.96 Å². The Morgan fingerprint density at radius 2 is 2.07 bits per heavy atom. The van der Waals surface area contributed by atoms with Gasteiger partial charge in [-0.3, -0.25) is 9.59 Å². The second kappa shape index (κ2) is 6.77. The third-order valence-electron chi connectivity index (χ3n) is 4.81. The largest absolute Gasteiger partial charge is 0.335 e. The number of nitrogens with zero attached hydrogens (tertiary/aromatic N) is 4. The Kier molecular flexibility index (Phi) is 4.43. The maximum Gasteiger partial charge on any atom is 0.275 e. The van der Waals surface area contributed by atoms with Crippen LogP contribution in [0.4, 0.5) is 10.8 Å². The first-order valence-corrected chi connectivity index (χ1v) is 9.76. The van der Waals surface area contributed by atoms with Crippen molar-refractivity contribution >= 4 is 33.0 Å². The SMILES string of the molecule is Cc1ccc(C)c(NC(=O)[C@@H]2CCCN2c2nn3c(=O)cc(C)nc3s2)c1. The number of aromatic nitrogens is 3. The molecule has 4 rings (SSSR count). The predicted octanol–water partition coefficient (Wildman–Crippen LogP) is 2.68. The average molecular weight is 383 g/mol. The Labute approximate surface area is 160 Å². The second-order valence-corrected chi connectivity index (χ2v) is 7.91. The zero-order valence-electron chi connectivity index (χ0n) is 15.5. The van der Waals surface area contributed by atoms with Crippen molar-refractivity contribution in [3.05, 3.63) is 51.4 Å². The van der Waals surface area contributed by atoms with E-state index in [2.05, 4.69) is 15.4 Å². The van der Waals surface area contributed by atoms with Crippen LogP contribution in [0, 0.1) is 20.8 Å². The van der Waals surface area contributed by atoms with E-state index in [0.717, 1.165) is 36.2 Å². The fourth-order valence-corrected chi connectivity index (χ4v) is 4.41. The van der Waals surface area contributed by atoms with Crippen LogP contribution in [0.3, 0.4) is 0 Å². The van der Waals surface area contributed by atoms with Crippen molar-refractivity contribution in [2.75, 3.05) is 16.8 Å². The molecule has 1 N–H and O–H groups in total. The molecule has 1 saturated heterocycles. The van der Waals surface area contributed by atoms with Crippen molar-refractivity contribution in [3.8, 4) is 0 Å². The summed E-state index contributed by atoms with van der Waals surface area (Å²) in [5, 5.41) is 8.13. The molecule has 1 aromatic carbocycles. The molecular formula is C19H21N5O2S. The highest BCUT2D eigenvalue weighted by atomic mass is 32.1. The Morgan fingerprint density at radius 1 is 1.26 bits per heavy atom. The minimum Gasteiger partial charge on any atom is -0.335 e. The van der Waals surface area contributed by atoms with Crippen molar-refractivity contribution in [1.29, 1.82) is 0 Å². The predicted molar refractivity (Wildman–Crippen MR) is 107 cm³/mol. The summed E-state index contributed by atoms with van der Waals surface area (Å²) in [6, 6.07) is 7.18. The first kappa shape index (κ1) is 17.7. The van der Waals surface area contributed by atoms with Crippen LogP contribution in [0.2, 0.25) is 0 Å². The van der Waals surface area contributed by atoms with Gasteiger partial charge in [0.25, 0.3) is 5.56 Å². The van der Waals surface area contributed by atoms with E-state index in [4.69, 9.17) is 0 Å². The van der Waals surface area contributed by atoms with E-state index < -0.39 is 0 Å². The normalized spacial score (nSPS) is 16.9. The molecule has 27 heavy (non-hydrogen) atoms. The second-order valence-electron chi connectivity index (χ2n) is 6.97. The Balaban J connectivity index is 1.62. The van der Waals surface area contributed by atoms with Gasteiger partial charge < -0.3 is 10.2 Å². The molecule has 0 saturated carbocycles. The van der Waals surface area contributed by atoms with Crippen LogP contribution in [0.15, 0.2) is 29.1 Å². The molecule has 8 heteroatoms. The van der Waals surface area contributed by atoms with Crippen molar-refractivity contribution in [2.24, 2.45) is 0 Å². The van der Waals surface area contributed by atoms with Gasteiger partial charge in [0.1, 0.15) is 6.04 Å². The van der Waals surface area contributed by atoms with E-state index in [-0.39, 0.29) is 17.5 Å². The zero-order valence-corrected chi connectivity index (χ0v) is 16.3. The van der Waals surface area contributed by atoms with Gasteiger partial charge in [-0.25, -0.2) is 4.98 Å². The number of anilines is 2. The lowest BCUT2D eigenvalue weighted by molar-refractivity contribution is -0.117. The smallest absolute Gasteiger partial charge is 0.275 e. The maximum atomic E-state index is 12.9. The minimum absolute atomic E-state index is 0.0445. The summed E-state index contributed by atoms with van der Waals surface area (Å²) < 4.78 is 1.31. The summed E-state index contributed by atoms with van der Waals surface area (Å²) in [7, 11) is 0. The van der Waals surface area contributed by atoms with Crippen molar-refractivity contribution in [3.63, 3.8) is 0 Å². The molecule has 1 aliphatic heterocycles. The number of carbonyl (C=O) groups is 1. The molecule has 3 heterocycles. The first-order valence-electron chi connectivity index (χ1n) is 8.94. The monoisotopic (exact) mass is 383 g/mol. The van der Waals surface area contributed by atoms with E-state index in [9.17, 15) is 9.59 Å². The number of carbonyl (C=O) groups excluding carboxylic acids is 1. The van der Waals surface area contributed by atoms with Gasteiger partial charge in [-0.2, -0.15) is 4.52 Å². The van der Waals surface area contributed by atoms with Gasteiger partial charge in [0.2, 0.25) is 16.0 Å². The molecule has 1 aliphatic rings. The third-order valence-corrected chi connectivity index (χ3v) is 5.76. The van der Waals surface area contributed by atoms with Crippen LogP contribution >= 0.6 is 11.3 Å². The summed E-state index contributed by atoms with van der Waals surface area (Å²) in [4.78, 5) is 32.0.